The quantitative estimate of drug-likeness (QED) is 0.464. The number of hydroxylamine groups is 1. The van der Waals surface area contributed by atoms with Gasteiger partial charge in [-0.05, 0) is 17.7 Å². The van der Waals surface area contributed by atoms with E-state index in [1.165, 1.54) is 16.4 Å². The molecular weight excluding hydrogens is 268 g/mol. The summed E-state index contributed by atoms with van der Waals surface area (Å²) in [4.78, 5) is 10.5. The second-order valence-corrected chi connectivity index (χ2v) is 5.93. The van der Waals surface area contributed by atoms with Crippen molar-refractivity contribution in [1.82, 2.24) is 4.31 Å². The monoisotopic (exact) mass is 286 g/mol. The van der Waals surface area contributed by atoms with Gasteiger partial charge in [0.25, 0.3) is 0 Å². The minimum absolute atomic E-state index is 0.158. The molecule has 0 atom stereocenters. The van der Waals surface area contributed by atoms with Crippen molar-refractivity contribution in [2.45, 2.75) is 19.6 Å². The van der Waals surface area contributed by atoms with Gasteiger partial charge in [0, 0.05) is 13.1 Å². The van der Waals surface area contributed by atoms with Gasteiger partial charge < -0.3 is 0 Å². The third kappa shape index (κ3) is 4.02. The Morgan fingerprint density at radius 3 is 2.42 bits per heavy atom. The van der Waals surface area contributed by atoms with Gasteiger partial charge in [0.15, 0.2) is 0 Å². The molecule has 0 spiro atoms. The minimum Gasteiger partial charge on any atom is -0.281 e. The van der Waals surface area contributed by atoms with Crippen LogP contribution in [0.1, 0.15) is 19.4 Å². The van der Waals surface area contributed by atoms with E-state index in [1.54, 1.807) is 26.0 Å². The Bertz CT molecular complexity index is 526. The fourth-order valence-electron chi connectivity index (χ4n) is 1.77. The first-order valence-electron chi connectivity index (χ1n) is 5.94. The van der Waals surface area contributed by atoms with Crippen LogP contribution in [-0.4, -0.2) is 37.4 Å². The Kier molecular flexibility index (Phi) is 5.46. The molecular formula is C12H18N2O4S. The van der Waals surface area contributed by atoms with Crippen molar-refractivity contribution in [1.29, 1.82) is 0 Å². The van der Waals surface area contributed by atoms with Gasteiger partial charge in [-0.1, -0.05) is 26.0 Å². The van der Waals surface area contributed by atoms with Crippen LogP contribution in [0.15, 0.2) is 24.3 Å². The molecule has 0 saturated carbocycles. The van der Waals surface area contributed by atoms with Gasteiger partial charge in [0.2, 0.25) is 16.4 Å². The zero-order chi connectivity index (χ0) is 14.5. The van der Waals surface area contributed by atoms with E-state index in [9.17, 15) is 18.4 Å². The molecule has 0 aliphatic carbocycles. The Balaban J connectivity index is 2.97. The van der Waals surface area contributed by atoms with Gasteiger partial charge in [-0.3, -0.25) is 10.0 Å². The highest BCUT2D eigenvalue weighted by molar-refractivity contribution is 7.88. The van der Waals surface area contributed by atoms with Crippen LogP contribution in [0.4, 0.5) is 5.69 Å². The Labute approximate surface area is 113 Å². The molecule has 19 heavy (non-hydrogen) atoms. The van der Waals surface area contributed by atoms with Crippen LogP contribution >= 0.6 is 0 Å². The second-order valence-electron chi connectivity index (χ2n) is 3.96. The third-order valence-corrected chi connectivity index (χ3v) is 4.72. The summed E-state index contributed by atoms with van der Waals surface area (Å²) in [5.74, 6) is -0.158. The van der Waals surface area contributed by atoms with E-state index in [1.807, 2.05) is 0 Å². The van der Waals surface area contributed by atoms with Crippen LogP contribution in [0.3, 0.4) is 0 Å². The van der Waals surface area contributed by atoms with Gasteiger partial charge in [-0.15, -0.1) is 0 Å². The Morgan fingerprint density at radius 2 is 1.89 bits per heavy atom. The average molecular weight is 286 g/mol. The number of carbonyl (C=O) groups excluding carboxylic acids is 1. The van der Waals surface area contributed by atoms with Crippen molar-refractivity contribution in [3.8, 4) is 0 Å². The molecule has 1 rings (SSSR count). The first-order valence-corrected chi connectivity index (χ1v) is 7.55. The van der Waals surface area contributed by atoms with E-state index >= 15 is 0 Å². The SMILES string of the molecule is CCN(CC)S(=O)(=O)Cc1cccc(N(O)C=O)c1. The molecule has 0 aliphatic heterocycles. The molecule has 7 heteroatoms. The third-order valence-electron chi connectivity index (χ3n) is 2.72. The van der Waals surface area contributed by atoms with Crippen LogP contribution in [0, 0.1) is 0 Å². The van der Waals surface area contributed by atoms with Crippen LogP contribution in [0.5, 0.6) is 0 Å². The van der Waals surface area contributed by atoms with Crippen molar-refractivity contribution in [2.75, 3.05) is 18.2 Å². The fourth-order valence-corrected chi connectivity index (χ4v) is 3.34. The highest BCUT2D eigenvalue weighted by Gasteiger charge is 2.19. The summed E-state index contributed by atoms with van der Waals surface area (Å²) < 4.78 is 25.6. The molecule has 0 aliphatic rings. The summed E-state index contributed by atoms with van der Waals surface area (Å²) in [6.45, 7) is 4.39. The number of rotatable bonds is 7. The molecule has 1 aromatic carbocycles. The lowest BCUT2D eigenvalue weighted by Crippen LogP contribution is -2.31. The molecule has 0 saturated heterocycles. The van der Waals surface area contributed by atoms with E-state index in [4.69, 9.17) is 0 Å². The second kappa shape index (κ2) is 6.65. The summed E-state index contributed by atoms with van der Waals surface area (Å²) in [7, 11) is -3.38. The molecule has 106 valence electrons. The Hall–Kier alpha value is -1.44. The molecule has 0 bridgehead atoms. The first-order chi connectivity index (χ1) is 8.94. The van der Waals surface area contributed by atoms with Gasteiger partial charge in [-0.25, -0.2) is 12.7 Å². The zero-order valence-corrected chi connectivity index (χ0v) is 11.8. The molecule has 0 unspecified atom stereocenters. The van der Waals surface area contributed by atoms with Gasteiger partial charge in [0.1, 0.15) is 0 Å². The van der Waals surface area contributed by atoms with Gasteiger partial charge in [-0.2, -0.15) is 5.06 Å². The molecule has 0 heterocycles. The van der Waals surface area contributed by atoms with Crippen LogP contribution in [-0.2, 0) is 20.6 Å². The molecule has 6 nitrogen and oxygen atoms in total. The molecule has 0 fully saturated rings. The lowest BCUT2D eigenvalue weighted by atomic mass is 10.2. The number of nitrogens with zero attached hydrogens (tertiary/aromatic N) is 2. The number of sulfonamides is 1. The number of benzene rings is 1. The van der Waals surface area contributed by atoms with Crippen LogP contribution in [0.2, 0.25) is 0 Å². The summed E-state index contributed by atoms with van der Waals surface area (Å²) in [5.41, 5.74) is 0.757. The maximum atomic E-state index is 12.1. The van der Waals surface area contributed by atoms with Crippen LogP contribution in [0.25, 0.3) is 0 Å². The molecule has 1 N–H and O–H groups in total. The maximum absolute atomic E-state index is 12.1. The van der Waals surface area contributed by atoms with Crippen LogP contribution < -0.4 is 5.06 Å². The predicted octanol–water partition coefficient (Wildman–Crippen LogP) is 1.21. The molecule has 0 aromatic heterocycles. The van der Waals surface area contributed by atoms with Crippen molar-refractivity contribution in [3.63, 3.8) is 0 Å². The zero-order valence-electron chi connectivity index (χ0n) is 11.0. The van der Waals surface area contributed by atoms with E-state index in [-0.39, 0.29) is 17.9 Å². The number of carbonyl (C=O) groups is 1. The smallest absolute Gasteiger partial charge is 0.237 e. The topological polar surface area (TPSA) is 77.9 Å². The molecule has 1 amide bonds. The Morgan fingerprint density at radius 1 is 1.26 bits per heavy atom. The largest absolute Gasteiger partial charge is 0.281 e. The minimum atomic E-state index is -3.38. The molecule has 1 aromatic rings. The summed E-state index contributed by atoms with van der Waals surface area (Å²) in [5, 5.41) is 9.67. The standard InChI is InChI=1S/C12H18N2O4S/c1-3-13(4-2)19(17,18)9-11-6-5-7-12(8-11)14(16)10-15/h5-8,10,16H,3-4,9H2,1-2H3. The van der Waals surface area contributed by atoms with E-state index in [0.29, 0.717) is 23.7 Å². The summed E-state index contributed by atoms with van der Waals surface area (Å²) in [6, 6.07) is 6.22. The maximum Gasteiger partial charge on any atom is 0.237 e. The van der Waals surface area contributed by atoms with Crippen molar-refractivity contribution in [2.24, 2.45) is 0 Å². The average Bonchev–Trinajstić information content (AvgIpc) is 2.38. The van der Waals surface area contributed by atoms with E-state index in [0.717, 1.165) is 0 Å². The molecule has 0 radical (unpaired) electrons. The highest BCUT2D eigenvalue weighted by Crippen LogP contribution is 2.17. The number of anilines is 1. The van der Waals surface area contributed by atoms with Crippen molar-refractivity contribution < 1.29 is 18.4 Å². The number of hydrogen-bond acceptors (Lipinski definition) is 4. The highest BCUT2D eigenvalue weighted by atomic mass is 32.2. The lowest BCUT2D eigenvalue weighted by Gasteiger charge is -2.18. The lowest BCUT2D eigenvalue weighted by molar-refractivity contribution is -0.111. The van der Waals surface area contributed by atoms with E-state index in [2.05, 4.69) is 0 Å². The fraction of sp³-hybridized carbons (Fsp3) is 0.417. The van der Waals surface area contributed by atoms with Crippen molar-refractivity contribution >= 4 is 22.1 Å². The summed E-state index contributed by atoms with van der Waals surface area (Å²) in [6.07, 6.45) is 0.248. The predicted molar refractivity (Wildman–Crippen MR) is 72.3 cm³/mol. The number of amides is 1. The van der Waals surface area contributed by atoms with Crippen molar-refractivity contribution in [3.05, 3.63) is 29.8 Å². The normalized spacial score (nSPS) is 11.6. The number of hydrogen-bond donors (Lipinski definition) is 1. The summed E-state index contributed by atoms with van der Waals surface area (Å²) >= 11 is 0. The van der Waals surface area contributed by atoms with Gasteiger partial charge in [0.05, 0.1) is 11.4 Å². The first kappa shape index (κ1) is 15.6. The van der Waals surface area contributed by atoms with Gasteiger partial charge >= 0.3 is 0 Å². The van der Waals surface area contributed by atoms with E-state index < -0.39 is 10.0 Å².